The Morgan fingerprint density at radius 3 is 2.54 bits per heavy atom. The van der Waals surface area contributed by atoms with Gasteiger partial charge in [0, 0.05) is 19.3 Å². The summed E-state index contributed by atoms with van der Waals surface area (Å²) in [6.07, 6.45) is 7.07. The van der Waals surface area contributed by atoms with Crippen LogP contribution in [-0.2, 0) is 19.6 Å². The fraction of sp³-hybridized carbons (Fsp3) is 0.579. The number of carbonyl (C=O) groups is 1. The number of thiophene rings is 1. The summed E-state index contributed by atoms with van der Waals surface area (Å²) >= 11 is 1.50. The van der Waals surface area contributed by atoms with Gasteiger partial charge >= 0.3 is 5.97 Å². The van der Waals surface area contributed by atoms with Crippen LogP contribution in [0.2, 0.25) is 0 Å². The maximum absolute atomic E-state index is 13.4. The summed E-state index contributed by atoms with van der Waals surface area (Å²) in [4.78, 5) is 12.9. The molecule has 1 aliphatic heterocycles. The van der Waals surface area contributed by atoms with Gasteiger partial charge in [-0.1, -0.05) is 18.9 Å². The second-order valence-electron chi connectivity index (χ2n) is 7.44. The molecule has 152 valence electrons. The van der Waals surface area contributed by atoms with Crippen LogP contribution in [-0.4, -0.2) is 48.7 Å². The fourth-order valence-corrected chi connectivity index (χ4v) is 6.54. The average molecular weight is 424 g/mol. The quantitative estimate of drug-likeness (QED) is 0.689. The second-order valence-corrected chi connectivity index (χ2v) is 10.3. The van der Waals surface area contributed by atoms with E-state index < -0.39 is 10.0 Å². The highest BCUT2D eigenvalue weighted by Gasteiger charge is 2.36. The highest BCUT2D eigenvalue weighted by Crippen LogP contribution is 2.36. The van der Waals surface area contributed by atoms with E-state index in [1.54, 1.807) is 6.20 Å². The molecule has 0 spiro atoms. The van der Waals surface area contributed by atoms with Gasteiger partial charge < -0.3 is 4.74 Å². The number of piperidine rings is 1. The third kappa shape index (κ3) is 3.62. The van der Waals surface area contributed by atoms with Crippen LogP contribution in [0.25, 0.3) is 10.6 Å². The number of hydrogen-bond acceptors (Lipinski definition) is 6. The van der Waals surface area contributed by atoms with E-state index >= 15 is 0 Å². The molecule has 7 nitrogen and oxygen atoms in total. The lowest BCUT2D eigenvalue weighted by molar-refractivity contribution is -0.146. The molecule has 1 saturated heterocycles. The van der Waals surface area contributed by atoms with Crippen molar-refractivity contribution in [1.29, 1.82) is 0 Å². The van der Waals surface area contributed by atoms with Gasteiger partial charge in [-0.25, -0.2) is 8.42 Å². The molecule has 9 heteroatoms. The zero-order valence-electron chi connectivity index (χ0n) is 15.9. The minimum absolute atomic E-state index is 0.227. The van der Waals surface area contributed by atoms with Crippen molar-refractivity contribution < 1.29 is 17.9 Å². The minimum atomic E-state index is -3.68. The normalized spacial score (nSPS) is 19.9. The Bertz CT molecular complexity index is 923. The molecule has 0 radical (unpaired) electrons. The van der Waals surface area contributed by atoms with E-state index in [1.807, 2.05) is 22.2 Å². The third-order valence-corrected chi connectivity index (χ3v) is 8.53. The Hall–Kier alpha value is -1.71. The molecule has 0 N–H and O–H groups in total. The zero-order chi connectivity index (χ0) is 19.7. The van der Waals surface area contributed by atoms with Gasteiger partial charge in [-0.15, -0.1) is 11.3 Å². The van der Waals surface area contributed by atoms with Crippen LogP contribution < -0.4 is 0 Å². The van der Waals surface area contributed by atoms with Crippen LogP contribution in [0, 0.1) is 5.92 Å². The van der Waals surface area contributed by atoms with Gasteiger partial charge in [0.05, 0.1) is 23.9 Å². The van der Waals surface area contributed by atoms with Crippen LogP contribution in [0.4, 0.5) is 0 Å². The van der Waals surface area contributed by atoms with E-state index in [0.717, 1.165) is 30.6 Å². The number of aromatic nitrogens is 2. The highest BCUT2D eigenvalue weighted by molar-refractivity contribution is 7.89. The number of hydrogen-bond donors (Lipinski definition) is 0. The number of carbonyl (C=O) groups excluding carboxylic acids is 1. The minimum Gasteiger partial charge on any atom is -0.469 e. The van der Waals surface area contributed by atoms with Crippen LogP contribution in [0.1, 0.15) is 44.6 Å². The van der Waals surface area contributed by atoms with E-state index in [0.29, 0.717) is 31.6 Å². The predicted molar refractivity (Wildman–Crippen MR) is 107 cm³/mol. The van der Waals surface area contributed by atoms with Gasteiger partial charge in [0.1, 0.15) is 10.6 Å². The van der Waals surface area contributed by atoms with Crippen molar-refractivity contribution in [2.45, 2.75) is 49.5 Å². The monoisotopic (exact) mass is 423 g/mol. The molecular formula is C19H25N3O4S2. The van der Waals surface area contributed by atoms with Crippen LogP contribution in [0.3, 0.4) is 0 Å². The molecule has 0 unspecified atom stereocenters. The Morgan fingerprint density at radius 1 is 1.21 bits per heavy atom. The number of nitrogens with zero attached hydrogens (tertiary/aromatic N) is 3. The van der Waals surface area contributed by atoms with Crippen LogP contribution in [0.5, 0.6) is 0 Å². The summed E-state index contributed by atoms with van der Waals surface area (Å²) in [5.74, 6) is -0.486. The first kappa shape index (κ1) is 19.6. The van der Waals surface area contributed by atoms with Gasteiger partial charge in [0.15, 0.2) is 0 Å². The third-order valence-electron chi connectivity index (χ3n) is 5.76. The van der Waals surface area contributed by atoms with Gasteiger partial charge in [0.2, 0.25) is 10.0 Å². The van der Waals surface area contributed by atoms with E-state index in [4.69, 9.17) is 9.84 Å². The molecule has 28 heavy (non-hydrogen) atoms. The van der Waals surface area contributed by atoms with Crippen molar-refractivity contribution in [2.75, 3.05) is 20.2 Å². The molecule has 1 aliphatic carbocycles. The maximum atomic E-state index is 13.4. The Balaban J connectivity index is 1.64. The first-order valence-electron chi connectivity index (χ1n) is 9.71. The predicted octanol–water partition coefficient (Wildman–Crippen LogP) is 3.30. The first-order chi connectivity index (χ1) is 13.5. The van der Waals surface area contributed by atoms with Crippen molar-refractivity contribution in [2.24, 2.45) is 5.92 Å². The molecule has 0 aromatic carbocycles. The molecule has 0 amide bonds. The molecule has 2 aromatic heterocycles. The topological polar surface area (TPSA) is 81.5 Å². The molecule has 1 saturated carbocycles. The molecule has 0 bridgehead atoms. The number of rotatable bonds is 5. The van der Waals surface area contributed by atoms with E-state index in [-0.39, 0.29) is 22.8 Å². The van der Waals surface area contributed by atoms with Crippen LogP contribution >= 0.6 is 11.3 Å². The van der Waals surface area contributed by atoms with Gasteiger partial charge in [0.25, 0.3) is 0 Å². The lowest BCUT2D eigenvalue weighted by Gasteiger charge is -2.29. The van der Waals surface area contributed by atoms with Crippen molar-refractivity contribution in [1.82, 2.24) is 14.1 Å². The summed E-state index contributed by atoms with van der Waals surface area (Å²) < 4.78 is 35.0. The number of sulfonamides is 1. The van der Waals surface area contributed by atoms with Crippen molar-refractivity contribution in [3.8, 4) is 10.6 Å². The molecule has 0 atom stereocenters. The van der Waals surface area contributed by atoms with Gasteiger partial charge in [-0.3, -0.25) is 9.48 Å². The summed E-state index contributed by atoms with van der Waals surface area (Å²) in [6, 6.07) is 4.09. The summed E-state index contributed by atoms with van der Waals surface area (Å²) in [5.41, 5.74) is 0.539. The second kappa shape index (κ2) is 7.96. The van der Waals surface area contributed by atoms with E-state index in [1.165, 1.54) is 22.8 Å². The van der Waals surface area contributed by atoms with Gasteiger partial charge in [-0.2, -0.15) is 9.40 Å². The molecule has 2 aromatic rings. The van der Waals surface area contributed by atoms with Gasteiger partial charge in [-0.05, 0) is 37.1 Å². The molecule has 2 aliphatic rings. The standard InChI is InChI=1S/C19H25N3O4S2/c1-26-19(23)14-8-10-21(11-9-14)28(24,25)17-13-22(15-5-2-3-6-15)20-18(17)16-7-4-12-27-16/h4,7,12-15H,2-3,5-6,8-11H2,1H3. The van der Waals surface area contributed by atoms with Crippen molar-refractivity contribution in [3.63, 3.8) is 0 Å². The Kier molecular flexibility index (Phi) is 5.57. The molecule has 3 heterocycles. The van der Waals surface area contributed by atoms with E-state index in [9.17, 15) is 13.2 Å². The van der Waals surface area contributed by atoms with Crippen molar-refractivity contribution in [3.05, 3.63) is 23.7 Å². The largest absolute Gasteiger partial charge is 0.469 e. The summed E-state index contributed by atoms with van der Waals surface area (Å²) in [5, 5.41) is 6.63. The zero-order valence-corrected chi connectivity index (χ0v) is 17.5. The number of ether oxygens (including phenoxy) is 1. The Labute approximate surface area is 169 Å². The van der Waals surface area contributed by atoms with Crippen LogP contribution in [0.15, 0.2) is 28.6 Å². The lowest BCUT2D eigenvalue weighted by Crippen LogP contribution is -2.40. The Morgan fingerprint density at radius 2 is 1.93 bits per heavy atom. The maximum Gasteiger partial charge on any atom is 0.308 e. The highest BCUT2D eigenvalue weighted by atomic mass is 32.2. The van der Waals surface area contributed by atoms with Crippen molar-refractivity contribution >= 4 is 27.3 Å². The smallest absolute Gasteiger partial charge is 0.308 e. The molecule has 2 fully saturated rings. The summed E-state index contributed by atoms with van der Waals surface area (Å²) in [6.45, 7) is 0.640. The average Bonchev–Trinajstić information content (AvgIpc) is 3.47. The summed E-state index contributed by atoms with van der Waals surface area (Å²) in [7, 11) is -2.31. The molecule has 4 rings (SSSR count). The first-order valence-corrected chi connectivity index (χ1v) is 12.0. The fourth-order valence-electron chi connectivity index (χ4n) is 4.14. The van der Waals surface area contributed by atoms with E-state index in [2.05, 4.69) is 0 Å². The molecular weight excluding hydrogens is 398 g/mol. The lowest BCUT2D eigenvalue weighted by atomic mass is 9.99. The number of methoxy groups -OCH3 is 1. The SMILES string of the molecule is COC(=O)C1CCN(S(=O)(=O)c2cn(C3CCCC3)nc2-c2cccs2)CC1. The number of esters is 1.